The summed E-state index contributed by atoms with van der Waals surface area (Å²) in [5.41, 5.74) is 0.458. The lowest BCUT2D eigenvalue weighted by Gasteiger charge is -2.31. The second kappa shape index (κ2) is 10.4. The Hall–Kier alpha value is -3.24. The summed E-state index contributed by atoms with van der Waals surface area (Å²) in [5, 5.41) is 0. The maximum atomic E-state index is 13.6. The van der Waals surface area contributed by atoms with Gasteiger partial charge in [0.1, 0.15) is 10.6 Å². The summed E-state index contributed by atoms with van der Waals surface area (Å²) >= 11 is 0. The molecule has 1 aromatic heterocycles. The maximum absolute atomic E-state index is 13.6. The fourth-order valence-corrected chi connectivity index (χ4v) is 5.15. The number of hydrogen-bond donors (Lipinski definition) is 0. The van der Waals surface area contributed by atoms with E-state index < -0.39 is 33.9 Å². The smallest absolute Gasteiger partial charge is 0.433 e. The highest BCUT2D eigenvalue weighted by Gasteiger charge is 2.35. The average molecular weight is 493 g/mol. The number of rotatable bonds is 8. The van der Waals surface area contributed by atoms with Gasteiger partial charge in [-0.05, 0) is 41.8 Å². The Balaban J connectivity index is 2.04. The number of hydrogen-bond acceptors (Lipinski definition) is 5. The highest BCUT2D eigenvalue weighted by molar-refractivity contribution is 7.89. The molecule has 0 aliphatic carbocycles. The molecular formula is C24H23F3N2O4S. The number of sulfonamides is 1. The van der Waals surface area contributed by atoms with Gasteiger partial charge in [0, 0.05) is 12.7 Å². The average Bonchev–Trinajstić information content (AvgIpc) is 2.84. The minimum atomic E-state index is -4.68. The summed E-state index contributed by atoms with van der Waals surface area (Å²) in [6.07, 6.45) is -3.54. The van der Waals surface area contributed by atoms with Gasteiger partial charge in [0.15, 0.2) is 0 Å². The summed E-state index contributed by atoms with van der Waals surface area (Å²) in [7, 11) is -2.98. The van der Waals surface area contributed by atoms with Gasteiger partial charge in [-0.2, -0.15) is 17.5 Å². The molecule has 2 aromatic carbocycles. The van der Waals surface area contributed by atoms with Crippen molar-refractivity contribution >= 4 is 16.0 Å². The molecule has 10 heteroatoms. The van der Waals surface area contributed by atoms with Crippen molar-refractivity contribution in [3.05, 3.63) is 95.3 Å². The molecule has 0 spiro atoms. The van der Waals surface area contributed by atoms with E-state index in [1.807, 2.05) is 6.92 Å². The zero-order valence-corrected chi connectivity index (χ0v) is 19.3. The third-order valence-corrected chi connectivity index (χ3v) is 7.10. The first kappa shape index (κ1) is 25.4. The van der Waals surface area contributed by atoms with Gasteiger partial charge in [-0.25, -0.2) is 13.2 Å². The molecule has 0 saturated carbocycles. The Bertz CT molecular complexity index is 1210. The van der Waals surface area contributed by atoms with Crippen molar-refractivity contribution < 1.29 is 31.1 Å². The van der Waals surface area contributed by atoms with Gasteiger partial charge >= 0.3 is 12.1 Å². The van der Waals surface area contributed by atoms with E-state index in [0.29, 0.717) is 23.6 Å². The number of aromatic nitrogens is 1. The molecule has 3 rings (SSSR count). The predicted octanol–water partition coefficient (Wildman–Crippen LogP) is 5.23. The van der Waals surface area contributed by atoms with Gasteiger partial charge in [-0.1, -0.05) is 49.4 Å². The molecule has 0 saturated heterocycles. The molecule has 0 bridgehead atoms. The number of nitrogens with zero attached hydrogens (tertiary/aromatic N) is 2. The third kappa shape index (κ3) is 5.63. The summed E-state index contributed by atoms with van der Waals surface area (Å²) in [5.74, 6) is -0.525. The zero-order valence-electron chi connectivity index (χ0n) is 18.5. The lowest BCUT2D eigenvalue weighted by molar-refractivity contribution is -0.141. The number of ether oxygens (including phenoxy) is 1. The van der Waals surface area contributed by atoms with Crippen LogP contribution in [-0.2, 0) is 27.5 Å². The second-order valence-electron chi connectivity index (χ2n) is 7.45. The number of carbonyl (C=O) groups is 1. The van der Waals surface area contributed by atoms with E-state index >= 15 is 0 Å². The van der Waals surface area contributed by atoms with E-state index in [1.54, 1.807) is 42.5 Å². The van der Waals surface area contributed by atoms with Crippen LogP contribution in [0.5, 0.6) is 0 Å². The molecule has 6 nitrogen and oxygen atoms in total. The van der Waals surface area contributed by atoms with E-state index in [9.17, 15) is 26.4 Å². The van der Waals surface area contributed by atoms with E-state index in [-0.39, 0.29) is 11.4 Å². The van der Waals surface area contributed by atoms with Crippen LogP contribution in [0.15, 0.2) is 77.8 Å². The van der Waals surface area contributed by atoms with Crippen LogP contribution in [-0.4, -0.2) is 30.8 Å². The van der Waals surface area contributed by atoms with Crippen molar-refractivity contribution in [2.24, 2.45) is 0 Å². The molecule has 34 heavy (non-hydrogen) atoms. The van der Waals surface area contributed by atoms with Crippen LogP contribution in [0.25, 0.3) is 0 Å². The fourth-order valence-electron chi connectivity index (χ4n) is 3.52. The topological polar surface area (TPSA) is 76.6 Å². The van der Waals surface area contributed by atoms with Crippen LogP contribution in [0.3, 0.4) is 0 Å². The van der Waals surface area contributed by atoms with Crippen LogP contribution in [0.1, 0.15) is 46.6 Å². The van der Waals surface area contributed by atoms with Gasteiger partial charge in [-0.3, -0.25) is 4.98 Å². The Morgan fingerprint density at radius 1 is 1.03 bits per heavy atom. The number of benzene rings is 2. The van der Waals surface area contributed by atoms with Crippen LogP contribution in [0.2, 0.25) is 0 Å². The monoisotopic (exact) mass is 492 g/mol. The lowest BCUT2D eigenvalue weighted by atomic mass is 10.0. The number of alkyl halides is 3. The normalized spacial score (nSPS) is 13.0. The number of halogens is 3. The third-order valence-electron chi connectivity index (χ3n) is 5.27. The number of pyridine rings is 1. The van der Waals surface area contributed by atoms with Crippen molar-refractivity contribution in [1.82, 2.24) is 9.29 Å². The largest absolute Gasteiger partial charge is 0.465 e. The molecule has 1 atom stereocenters. The van der Waals surface area contributed by atoms with Crippen molar-refractivity contribution in [3.63, 3.8) is 0 Å². The standard InChI is InChI=1S/C24H23F3N2O4S/c1-3-21(18-7-5-4-6-8-18)29(16-17-9-11-19(12-10-17)23(30)33-2)34(31,32)20-13-14-22(28-15-20)24(25,26)27/h4-15,21H,3,16H2,1-2H3/t21-/m0/s1. The quantitative estimate of drug-likeness (QED) is 0.403. The molecule has 0 unspecified atom stereocenters. The summed E-state index contributed by atoms with van der Waals surface area (Å²) in [4.78, 5) is 14.7. The molecular weight excluding hydrogens is 469 g/mol. The van der Waals surface area contributed by atoms with Crippen LogP contribution < -0.4 is 0 Å². The van der Waals surface area contributed by atoms with Crippen LogP contribution in [0, 0.1) is 0 Å². The molecule has 0 amide bonds. The van der Waals surface area contributed by atoms with Crippen LogP contribution >= 0.6 is 0 Å². The zero-order chi connectivity index (χ0) is 24.9. The van der Waals surface area contributed by atoms with Crippen molar-refractivity contribution in [3.8, 4) is 0 Å². The lowest BCUT2D eigenvalue weighted by Crippen LogP contribution is -2.34. The minimum Gasteiger partial charge on any atom is -0.465 e. The summed E-state index contributed by atoms with van der Waals surface area (Å²) in [6, 6.07) is 16.2. The molecule has 0 fully saturated rings. The van der Waals surface area contributed by atoms with Crippen LogP contribution in [0.4, 0.5) is 13.2 Å². The van der Waals surface area contributed by atoms with Gasteiger partial charge in [0.2, 0.25) is 10.0 Å². The maximum Gasteiger partial charge on any atom is 0.433 e. The highest BCUT2D eigenvalue weighted by Crippen LogP contribution is 2.33. The molecule has 0 radical (unpaired) electrons. The second-order valence-corrected chi connectivity index (χ2v) is 9.34. The van der Waals surface area contributed by atoms with E-state index in [0.717, 1.165) is 17.8 Å². The molecule has 0 aliphatic heterocycles. The molecule has 0 N–H and O–H groups in total. The Morgan fingerprint density at radius 3 is 2.18 bits per heavy atom. The summed E-state index contributed by atoms with van der Waals surface area (Å²) < 4.78 is 71.9. The first-order valence-electron chi connectivity index (χ1n) is 10.3. The Labute approximate surface area is 196 Å². The fraction of sp³-hybridized carbons (Fsp3) is 0.250. The Morgan fingerprint density at radius 2 is 1.68 bits per heavy atom. The predicted molar refractivity (Wildman–Crippen MR) is 119 cm³/mol. The molecule has 3 aromatic rings. The molecule has 180 valence electrons. The van der Waals surface area contributed by atoms with Gasteiger partial charge < -0.3 is 4.74 Å². The van der Waals surface area contributed by atoms with Crippen molar-refractivity contribution in [1.29, 1.82) is 0 Å². The summed E-state index contributed by atoms with van der Waals surface area (Å²) in [6.45, 7) is 1.75. The first-order chi connectivity index (χ1) is 16.1. The van der Waals surface area contributed by atoms with Gasteiger partial charge in [0.05, 0.1) is 18.7 Å². The number of methoxy groups -OCH3 is 1. The van der Waals surface area contributed by atoms with E-state index in [1.165, 1.54) is 23.5 Å². The number of carbonyl (C=O) groups excluding carboxylic acids is 1. The SMILES string of the molecule is CC[C@@H](c1ccccc1)N(Cc1ccc(C(=O)OC)cc1)S(=O)(=O)c1ccc(C(F)(F)F)nc1. The Kier molecular flexibility index (Phi) is 7.73. The van der Waals surface area contributed by atoms with Crippen molar-refractivity contribution in [2.75, 3.05) is 7.11 Å². The minimum absolute atomic E-state index is 0.0712. The van der Waals surface area contributed by atoms with Gasteiger partial charge in [-0.15, -0.1) is 0 Å². The highest BCUT2D eigenvalue weighted by atomic mass is 32.2. The molecule has 1 heterocycles. The molecule has 0 aliphatic rings. The number of esters is 1. The van der Waals surface area contributed by atoms with Gasteiger partial charge in [0.25, 0.3) is 0 Å². The van der Waals surface area contributed by atoms with Crippen molar-refractivity contribution in [2.45, 2.75) is 37.0 Å². The van der Waals surface area contributed by atoms with E-state index in [2.05, 4.69) is 9.72 Å². The van der Waals surface area contributed by atoms with E-state index in [4.69, 9.17) is 0 Å². The first-order valence-corrected chi connectivity index (χ1v) is 11.8.